The van der Waals surface area contributed by atoms with Crippen molar-refractivity contribution < 1.29 is 33.0 Å². The second-order valence-corrected chi connectivity index (χ2v) is 9.96. The second kappa shape index (κ2) is 12.2. The maximum absolute atomic E-state index is 15.1. The van der Waals surface area contributed by atoms with Gasteiger partial charge in [-0.3, -0.25) is 14.3 Å². The first-order valence-corrected chi connectivity index (χ1v) is 13.5. The van der Waals surface area contributed by atoms with Gasteiger partial charge in [0.15, 0.2) is 0 Å². The van der Waals surface area contributed by atoms with E-state index in [0.29, 0.717) is 12.2 Å². The van der Waals surface area contributed by atoms with Crippen molar-refractivity contribution in [1.82, 2.24) is 15.1 Å². The Morgan fingerprint density at radius 1 is 1.11 bits per heavy atom. The van der Waals surface area contributed by atoms with E-state index in [9.17, 15) is 19.6 Å². The monoisotopic (exact) mass is 600 g/mol. The highest BCUT2D eigenvalue weighted by atomic mass is 19.3. The molecular weight excluding hydrogens is 574 g/mol. The summed E-state index contributed by atoms with van der Waals surface area (Å²) in [6, 6.07) is 18.7. The van der Waals surface area contributed by atoms with Crippen LogP contribution in [0.15, 0.2) is 79.0 Å². The summed E-state index contributed by atoms with van der Waals surface area (Å²) in [6.07, 6.45) is 0.143. The molecule has 5 rings (SSSR count). The number of rotatable bonds is 9. The smallest absolute Gasteiger partial charge is 0.404 e. The molecule has 4 aromatic rings. The third-order valence-electron chi connectivity index (χ3n) is 7.03. The first-order chi connectivity index (χ1) is 21.1. The fourth-order valence-corrected chi connectivity index (χ4v) is 4.90. The average Bonchev–Trinajstić information content (AvgIpc) is 3.42. The van der Waals surface area contributed by atoms with Gasteiger partial charge in [-0.1, -0.05) is 42.5 Å². The molecule has 1 aromatic heterocycles. The van der Waals surface area contributed by atoms with Gasteiger partial charge in [-0.2, -0.15) is 19.1 Å². The minimum Gasteiger partial charge on any atom is -0.490 e. The van der Waals surface area contributed by atoms with Crippen molar-refractivity contribution in [3.05, 3.63) is 107 Å². The van der Waals surface area contributed by atoms with Crippen molar-refractivity contribution in [2.45, 2.75) is 25.4 Å². The van der Waals surface area contributed by atoms with Crippen LogP contribution in [0.5, 0.6) is 5.75 Å². The zero-order valence-electron chi connectivity index (χ0n) is 23.3. The lowest BCUT2D eigenvalue weighted by Gasteiger charge is -2.34. The molecule has 13 heteroatoms. The van der Waals surface area contributed by atoms with Crippen molar-refractivity contribution in [2.75, 3.05) is 23.4 Å². The Morgan fingerprint density at radius 2 is 1.82 bits per heavy atom. The van der Waals surface area contributed by atoms with Gasteiger partial charge in [0.1, 0.15) is 24.1 Å². The molecule has 224 valence electrons. The average molecular weight is 601 g/mol. The molecule has 0 fully saturated rings. The van der Waals surface area contributed by atoms with E-state index in [4.69, 9.17) is 9.84 Å². The van der Waals surface area contributed by atoms with Crippen LogP contribution in [0, 0.1) is 11.3 Å². The quantitative estimate of drug-likeness (QED) is 0.233. The lowest BCUT2D eigenvalue weighted by Crippen LogP contribution is -2.47. The molecule has 1 unspecified atom stereocenters. The number of carboxylic acid groups (broad SMARTS) is 1. The van der Waals surface area contributed by atoms with Gasteiger partial charge in [0, 0.05) is 22.4 Å². The molecule has 2 heterocycles. The van der Waals surface area contributed by atoms with E-state index in [1.807, 2.05) is 6.07 Å². The van der Waals surface area contributed by atoms with E-state index in [0.717, 1.165) is 0 Å². The molecule has 1 aliphatic heterocycles. The standard InChI is InChI=1S/C31H26F2N6O5/c1-19-18-38-27(29(41)39(19)24-10-8-23(9-11-24)31(32,33)22-5-3-2-4-6-22)25(17-36-38)37-28(40)20-7-12-26(21(15-20)16-34)44-14-13-35-30(42)43/h2-12,15,17,19,35H,13-14,18H2,1H3,(H,37,40)(H,42,43). The van der Waals surface area contributed by atoms with Gasteiger partial charge in [-0.05, 0) is 37.3 Å². The van der Waals surface area contributed by atoms with Gasteiger partial charge in [-0.15, -0.1) is 0 Å². The SMILES string of the molecule is CC1Cn2ncc(NC(=O)c3ccc(OCCNC(=O)O)c(C#N)c3)c2C(=O)N1c1ccc(C(F)(F)c2ccccc2)cc1. The predicted octanol–water partition coefficient (Wildman–Crippen LogP) is 4.84. The summed E-state index contributed by atoms with van der Waals surface area (Å²) in [6.45, 7) is 2.08. The molecule has 3 amide bonds. The maximum atomic E-state index is 15.1. The highest BCUT2D eigenvalue weighted by molar-refractivity contribution is 6.13. The first kappa shape index (κ1) is 29.7. The summed E-state index contributed by atoms with van der Waals surface area (Å²) in [4.78, 5) is 38.9. The largest absolute Gasteiger partial charge is 0.490 e. The predicted molar refractivity (Wildman–Crippen MR) is 155 cm³/mol. The van der Waals surface area contributed by atoms with Crippen LogP contribution in [-0.2, 0) is 12.5 Å². The summed E-state index contributed by atoms with van der Waals surface area (Å²) in [5.41, 5.74) is 0.476. The number of nitrogens with one attached hydrogen (secondary N) is 2. The van der Waals surface area contributed by atoms with Gasteiger partial charge in [-0.25, -0.2) is 4.79 Å². The number of anilines is 2. The second-order valence-electron chi connectivity index (χ2n) is 9.96. The minimum absolute atomic E-state index is 0.00315. The lowest BCUT2D eigenvalue weighted by molar-refractivity contribution is 0.0428. The number of halogens is 2. The summed E-state index contributed by atoms with van der Waals surface area (Å²) in [5.74, 6) is -4.13. The van der Waals surface area contributed by atoms with Crippen molar-refractivity contribution in [3.63, 3.8) is 0 Å². The van der Waals surface area contributed by atoms with Crippen LogP contribution in [0.3, 0.4) is 0 Å². The number of alkyl halides is 2. The molecule has 0 bridgehead atoms. The van der Waals surface area contributed by atoms with Crippen LogP contribution in [0.4, 0.5) is 25.0 Å². The Bertz CT molecular complexity index is 1750. The van der Waals surface area contributed by atoms with E-state index in [2.05, 4.69) is 15.7 Å². The Morgan fingerprint density at radius 3 is 2.50 bits per heavy atom. The van der Waals surface area contributed by atoms with Crippen LogP contribution in [0.2, 0.25) is 0 Å². The molecule has 0 spiro atoms. The van der Waals surface area contributed by atoms with Crippen LogP contribution in [-0.4, -0.2) is 52.0 Å². The molecule has 0 aliphatic carbocycles. The number of fused-ring (bicyclic) bond motifs is 1. The fraction of sp³-hybridized carbons (Fsp3) is 0.194. The van der Waals surface area contributed by atoms with E-state index in [1.165, 1.54) is 70.4 Å². The summed E-state index contributed by atoms with van der Waals surface area (Å²) < 4.78 is 37.1. The van der Waals surface area contributed by atoms with Crippen LogP contribution in [0.1, 0.15) is 44.5 Å². The summed E-state index contributed by atoms with van der Waals surface area (Å²) in [5, 5.41) is 27.2. The molecule has 3 aromatic carbocycles. The lowest BCUT2D eigenvalue weighted by atomic mass is 9.99. The zero-order valence-corrected chi connectivity index (χ0v) is 23.3. The Hall–Kier alpha value is -5.77. The van der Waals surface area contributed by atoms with E-state index >= 15 is 8.78 Å². The third-order valence-corrected chi connectivity index (χ3v) is 7.03. The number of benzene rings is 3. The van der Waals surface area contributed by atoms with Gasteiger partial charge >= 0.3 is 6.09 Å². The van der Waals surface area contributed by atoms with Gasteiger partial charge < -0.3 is 25.4 Å². The van der Waals surface area contributed by atoms with Crippen molar-refractivity contribution in [1.29, 1.82) is 5.26 Å². The van der Waals surface area contributed by atoms with Gasteiger partial charge in [0.05, 0.1) is 36.6 Å². The molecule has 3 N–H and O–H groups in total. The molecule has 0 saturated carbocycles. The molecule has 1 atom stereocenters. The Kier molecular flexibility index (Phi) is 8.25. The number of hydrogen-bond donors (Lipinski definition) is 3. The highest BCUT2D eigenvalue weighted by Gasteiger charge is 2.37. The number of carbonyl (C=O) groups excluding carboxylic acids is 2. The van der Waals surface area contributed by atoms with Crippen molar-refractivity contribution >= 4 is 29.3 Å². The fourth-order valence-electron chi connectivity index (χ4n) is 4.90. The Labute approximate surface area is 250 Å². The topological polar surface area (TPSA) is 150 Å². The van der Waals surface area contributed by atoms with E-state index < -0.39 is 23.8 Å². The first-order valence-electron chi connectivity index (χ1n) is 13.5. The number of aromatic nitrogens is 2. The number of ether oxygens (including phenoxy) is 1. The van der Waals surface area contributed by atoms with Crippen molar-refractivity contribution in [2.24, 2.45) is 0 Å². The van der Waals surface area contributed by atoms with Crippen LogP contribution in [0.25, 0.3) is 0 Å². The molecule has 44 heavy (non-hydrogen) atoms. The van der Waals surface area contributed by atoms with Gasteiger partial charge in [0.25, 0.3) is 17.7 Å². The Balaban J connectivity index is 1.33. The molecule has 0 radical (unpaired) electrons. The summed E-state index contributed by atoms with van der Waals surface area (Å²) >= 11 is 0. The highest BCUT2D eigenvalue weighted by Crippen LogP contribution is 2.37. The number of nitrogens with zero attached hydrogens (tertiary/aromatic N) is 4. The van der Waals surface area contributed by atoms with Crippen LogP contribution >= 0.6 is 0 Å². The maximum Gasteiger partial charge on any atom is 0.404 e. The number of nitriles is 1. The molecular formula is C31H26F2N6O5. The third kappa shape index (κ3) is 5.91. The zero-order chi connectivity index (χ0) is 31.4. The van der Waals surface area contributed by atoms with Crippen molar-refractivity contribution in [3.8, 4) is 11.8 Å². The minimum atomic E-state index is -3.22. The van der Waals surface area contributed by atoms with Crippen LogP contribution < -0.4 is 20.3 Å². The van der Waals surface area contributed by atoms with E-state index in [1.54, 1.807) is 25.1 Å². The van der Waals surface area contributed by atoms with E-state index in [-0.39, 0.29) is 58.6 Å². The molecule has 1 aliphatic rings. The number of carbonyl (C=O) groups is 3. The normalized spacial score (nSPS) is 14.4. The number of amides is 3. The molecule has 0 saturated heterocycles. The van der Waals surface area contributed by atoms with Gasteiger partial charge in [0.2, 0.25) is 0 Å². The number of hydrogen-bond acceptors (Lipinski definition) is 6. The molecule has 11 nitrogen and oxygen atoms in total. The summed E-state index contributed by atoms with van der Waals surface area (Å²) in [7, 11) is 0.